The summed E-state index contributed by atoms with van der Waals surface area (Å²) in [6, 6.07) is 5.08. The second-order valence-corrected chi connectivity index (χ2v) is 4.77. The molecule has 8 heteroatoms. The van der Waals surface area contributed by atoms with Gasteiger partial charge >= 0.3 is 0 Å². The standard InChI is InChI=1S/C10H10N2O5S/c11-18(16,17)8-3-1-7(2-4-8)12-9(13)5-6-10(14)15/h1-6H,(H,12,13)(H,14,15)(H2,11,16,17)/p-1. The number of anilines is 1. The van der Waals surface area contributed by atoms with Crippen molar-refractivity contribution in [1.82, 2.24) is 0 Å². The highest BCUT2D eigenvalue weighted by Gasteiger charge is 2.06. The van der Waals surface area contributed by atoms with E-state index in [1.807, 2.05) is 0 Å². The topological polar surface area (TPSA) is 129 Å². The lowest BCUT2D eigenvalue weighted by Gasteiger charge is -2.03. The number of benzene rings is 1. The van der Waals surface area contributed by atoms with Crippen LogP contribution < -0.4 is 15.6 Å². The number of nitrogens with one attached hydrogen (secondary N) is 1. The molecule has 0 aliphatic heterocycles. The molecule has 1 aromatic carbocycles. The molecule has 0 spiro atoms. The first-order chi connectivity index (χ1) is 8.29. The van der Waals surface area contributed by atoms with Crippen molar-refractivity contribution >= 4 is 27.6 Å². The number of carbonyl (C=O) groups excluding carboxylic acids is 2. The first-order valence-corrected chi connectivity index (χ1v) is 6.16. The van der Waals surface area contributed by atoms with E-state index in [0.29, 0.717) is 11.8 Å². The largest absolute Gasteiger partial charge is 0.545 e. The van der Waals surface area contributed by atoms with Gasteiger partial charge in [-0.3, -0.25) is 4.79 Å². The summed E-state index contributed by atoms with van der Waals surface area (Å²) < 4.78 is 21.9. The summed E-state index contributed by atoms with van der Waals surface area (Å²) in [6.45, 7) is 0. The molecule has 0 aromatic heterocycles. The van der Waals surface area contributed by atoms with Crippen molar-refractivity contribution in [2.24, 2.45) is 5.14 Å². The van der Waals surface area contributed by atoms with Gasteiger partial charge in [-0.1, -0.05) is 0 Å². The van der Waals surface area contributed by atoms with Crippen molar-refractivity contribution in [3.05, 3.63) is 36.4 Å². The summed E-state index contributed by atoms with van der Waals surface area (Å²) in [5.74, 6) is -2.17. The summed E-state index contributed by atoms with van der Waals surface area (Å²) in [5, 5.41) is 17.3. The molecule has 96 valence electrons. The van der Waals surface area contributed by atoms with Gasteiger partial charge in [0.15, 0.2) is 0 Å². The van der Waals surface area contributed by atoms with Gasteiger partial charge in [0, 0.05) is 11.8 Å². The molecule has 0 unspecified atom stereocenters. The third-order valence-corrected chi connectivity index (χ3v) is 2.75. The lowest BCUT2D eigenvalue weighted by atomic mass is 10.3. The summed E-state index contributed by atoms with van der Waals surface area (Å²) in [5.41, 5.74) is 0.301. The summed E-state index contributed by atoms with van der Waals surface area (Å²) in [6.07, 6.45) is 1.36. The zero-order valence-electron chi connectivity index (χ0n) is 8.99. The minimum absolute atomic E-state index is 0.0919. The Labute approximate surface area is 103 Å². The number of primary sulfonamides is 1. The maximum absolute atomic E-state index is 11.2. The van der Waals surface area contributed by atoms with Crippen LogP contribution in [0.15, 0.2) is 41.3 Å². The highest BCUT2D eigenvalue weighted by molar-refractivity contribution is 7.89. The van der Waals surface area contributed by atoms with Crippen LogP contribution >= 0.6 is 0 Å². The van der Waals surface area contributed by atoms with Gasteiger partial charge in [-0.15, -0.1) is 0 Å². The van der Waals surface area contributed by atoms with Gasteiger partial charge in [-0.2, -0.15) is 0 Å². The molecule has 18 heavy (non-hydrogen) atoms. The molecule has 0 saturated heterocycles. The Morgan fingerprint density at radius 3 is 2.17 bits per heavy atom. The molecule has 0 aliphatic rings. The molecular weight excluding hydrogens is 260 g/mol. The SMILES string of the molecule is NS(=O)(=O)c1ccc(NC(=O)C=CC(=O)[O-])cc1. The van der Waals surface area contributed by atoms with Crippen molar-refractivity contribution in [2.45, 2.75) is 4.90 Å². The average molecular weight is 269 g/mol. The van der Waals surface area contributed by atoms with E-state index in [4.69, 9.17) is 5.14 Å². The van der Waals surface area contributed by atoms with Gasteiger partial charge in [0.05, 0.1) is 10.9 Å². The second-order valence-electron chi connectivity index (χ2n) is 3.21. The van der Waals surface area contributed by atoms with E-state index < -0.39 is 21.9 Å². The van der Waals surface area contributed by atoms with Crippen molar-refractivity contribution < 1.29 is 23.1 Å². The molecule has 1 amide bonds. The van der Waals surface area contributed by atoms with Crippen LogP contribution in [0, 0.1) is 0 Å². The summed E-state index contributed by atoms with van der Waals surface area (Å²) >= 11 is 0. The molecule has 1 aromatic rings. The van der Waals surface area contributed by atoms with Gasteiger partial charge in [0.25, 0.3) is 0 Å². The molecule has 0 radical (unpaired) electrons. The molecule has 0 atom stereocenters. The minimum atomic E-state index is -3.78. The van der Waals surface area contributed by atoms with Crippen molar-refractivity contribution in [3.8, 4) is 0 Å². The quantitative estimate of drug-likeness (QED) is 0.648. The maximum Gasteiger partial charge on any atom is 0.248 e. The molecule has 0 fully saturated rings. The molecule has 3 N–H and O–H groups in total. The Morgan fingerprint density at radius 2 is 1.72 bits per heavy atom. The van der Waals surface area contributed by atoms with E-state index in [0.717, 1.165) is 6.08 Å². The summed E-state index contributed by atoms with van der Waals surface area (Å²) in [7, 11) is -3.78. The minimum Gasteiger partial charge on any atom is -0.545 e. The summed E-state index contributed by atoms with van der Waals surface area (Å²) in [4.78, 5) is 21.1. The number of hydrogen-bond donors (Lipinski definition) is 2. The van der Waals surface area contributed by atoms with Crippen LogP contribution in [0.4, 0.5) is 5.69 Å². The lowest BCUT2D eigenvalue weighted by Crippen LogP contribution is -2.20. The van der Waals surface area contributed by atoms with Gasteiger partial charge < -0.3 is 15.2 Å². The van der Waals surface area contributed by atoms with E-state index >= 15 is 0 Å². The van der Waals surface area contributed by atoms with Crippen molar-refractivity contribution in [3.63, 3.8) is 0 Å². The predicted octanol–water partition coefficient (Wildman–Crippen LogP) is -1.42. The number of hydrogen-bond acceptors (Lipinski definition) is 5. The van der Waals surface area contributed by atoms with Gasteiger partial charge in [-0.25, -0.2) is 13.6 Å². The van der Waals surface area contributed by atoms with Crippen LogP contribution in [0.3, 0.4) is 0 Å². The Kier molecular flexibility index (Phi) is 4.18. The number of amides is 1. The van der Waals surface area contributed by atoms with Gasteiger partial charge in [-0.05, 0) is 30.3 Å². The van der Waals surface area contributed by atoms with E-state index in [-0.39, 0.29) is 4.90 Å². The lowest BCUT2D eigenvalue weighted by molar-refractivity contribution is -0.297. The first kappa shape index (κ1) is 13.9. The Hall–Kier alpha value is -2.19. The van der Waals surface area contributed by atoms with Crippen LogP contribution in [-0.4, -0.2) is 20.3 Å². The van der Waals surface area contributed by atoms with Crippen LogP contribution in [0.5, 0.6) is 0 Å². The van der Waals surface area contributed by atoms with Crippen LogP contribution in [-0.2, 0) is 19.6 Å². The number of carboxylic acid groups (broad SMARTS) is 1. The molecule has 7 nitrogen and oxygen atoms in total. The molecule has 0 saturated carbocycles. The fraction of sp³-hybridized carbons (Fsp3) is 0. The zero-order chi connectivity index (χ0) is 13.8. The van der Waals surface area contributed by atoms with Crippen molar-refractivity contribution in [2.75, 3.05) is 5.32 Å². The fourth-order valence-corrected chi connectivity index (χ4v) is 1.57. The first-order valence-electron chi connectivity index (χ1n) is 4.62. The number of nitrogens with two attached hydrogens (primary N) is 1. The molecule has 0 aliphatic carbocycles. The molecular formula is C10H9N2O5S-. The number of carbonyl (C=O) groups is 2. The third-order valence-electron chi connectivity index (χ3n) is 1.82. The van der Waals surface area contributed by atoms with Crippen molar-refractivity contribution in [1.29, 1.82) is 0 Å². The van der Waals surface area contributed by atoms with Gasteiger partial charge in [0.1, 0.15) is 0 Å². The van der Waals surface area contributed by atoms with Gasteiger partial charge in [0.2, 0.25) is 15.9 Å². The smallest absolute Gasteiger partial charge is 0.248 e. The van der Waals surface area contributed by atoms with E-state index in [9.17, 15) is 23.1 Å². The van der Waals surface area contributed by atoms with Crippen LogP contribution in [0.2, 0.25) is 0 Å². The Morgan fingerprint density at radius 1 is 1.17 bits per heavy atom. The number of aliphatic carboxylic acids is 1. The second kappa shape index (κ2) is 5.43. The fourth-order valence-electron chi connectivity index (χ4n) is 1.06. The Bertz CT molecular complexity index is 589. The van der Waals surface area contributed by atoms with E-state index in [1.54, 1.807) is 0 Å². The molecule has 0 heterocycles. The zero-order valence-corrected chi connectivity index (χ0v) is 9.81. The monoisotopic (exact) mass is 269 g/mol. The normalized spacial score (nSPS) is 11.4. The molecule has 1 rings (SSSR count). The number of sulfonamides is 1. The average Bonchev–Trinajstić information content (AvgIpc) is 2.26. The maximum atomic E-state index is 11.2. The third kappa shape index (κ3) is 4.36. The molecule has 0 bridgehead atoms. The Balaban J connectivity index is 2.76. The highest BCUT2D eigenvalue weighted by atomic mass is 32.2. The predicted molar refractivity (Wildman–Crippen MR) is 60.6 cm³/mol. The van der Waals surface area contributed by atoms with Crippen LogP contribution in [0.25, 0.3) is 0 Å². The highest BCUT2D eigenvalue weighted by Crippen LogP contribution is 2.12. The number of carboxylic acids is 1. The van der Waals surface area contributed by atoms with Crippen LogP contribution in [0.1, 0.15) is 0 Å². The van der Waals surface area contributed by atoms with E-state index in [1.165, 1.54) is 24.3 Å². The van der Waals surface area contributed by atoms with E-state index in [2.05, 4.69) is 5.32 Å². The number of rotatable bonds is 4.